The summed E-state index contributed by atoms with van der Waals surface area (Å²) in [7, 11) is 0. The molecule has 0 spiro atoms. The molecule has 6 nitrogen and oxygen atoms in total. The SMILES string of the molecule is NC(=O)CN1CCC(Nc2nccnc2Cl)CC1. The van der Waals surface area contributed by atoms with Gasteiger partial charge in [-0.05, 0) is 12.8 Å². The summed E-state index contributed by atoms with van der Waals surface area (Å²) in [5, 5.41) is 3.66. The minimum absolute atomic E-state index is 0.279. The van der Waals surface area contributed by atoms with Crippen molar-refractivity contribution in [3.63, 3.8) is 0 Å². The quantitative estimate of drug-likeness (QED) is 0.831. The van der Waals surface area contributed by atoms with Crippen LogP contribution in [0.3, 0.4) is 0 Å². The van der Waals surface area contributed by atoms with Crippen molar-refractivity contribution in [3.05, 3.63) is 17.5 Å². The second-order valence-corrected chi connectivity index (χ2v) is 4.71. The second-order valence-electron chi connectivity index (χ2n) is 4.36. The molecular formula is C11H16ClN5O. The molecule has 1 aliphatic heterocycles. The van der Waals surface area contributed by atoms with Crippen LogP contribution < -0.4 is 11.1 Å². The van der Waals surface area contributed by atoms with Crippen LogP contribution in [0.4, 0.5) is 5.82 Å². The maximum Gasteiger partial charge on any atom is 0.231 e. The normalized spacial score (nSPS) is 17.6. The number of nitrogens with zero attached hydrogens (tertiary/aromatic N) is 3. The molecule has 2 rings (SSSR count). The van der Waals surface area contributed by atoms with E-state index in [2.05, 4.69) is 20.2 Å². The maximum atomic E-state index is 10.8. The van der Waals surface area contributed by atoms with Gasteiger partial charge >= 0.3 is 0 Å². The summed E-state index contributed by atoms with van der Waals surface area (Å²) in [4.78, 5) is 21.0. The van der Waals surface area contributed by atoms with E-state index in [4.69, 9.17) is 17.3 Å². The van der Waals surface area contributed by atoms with Crippen LogP contribution in [0.2, 0.25) is 5.15 Å². The van der Waals surface area contributed by atoms with Gasteiger partial charge in [-0.2, -0.15) is 0 Å². The average molecular weight is 270 g/mol. The van der Waals surface area contributed by atoms with Gasteiger partial charge in [0.1, 0.15) is 0 Å². The Morgan fingerprint density at radius 2 is 2.11 bits per heavy atom. The first-order chi connectivity index (χ1) is 8.65. The number of anilines is 1. The van der Waals surface area contributed by atoms with Crippen molar-refractivity contribution in [2.45, 2.75) is 18.9 Å². The monoisotopic (exact) mass is 269 g/mol. The lowest BCUT2D eigenvalue weighted by Gasteiger charge is -2.31. The molecule has 3 N–H and O–H groups in total. The summed E-state index contributed by atoms with van der Waals surface area (Å²) in [5.41, 5.74) is 5.17. The molecule has 1 aliphatic rings. The molecule has 0 aliphatic carbocycles. The Kier molecular flexibility index (Phi) is 4.33. The first-order valence-electron chi connectivity index (χ1n) is 5.89. The number of carbonyl (C=O) groups excluding carboxylic acids is 1. The number of nitrogens with one attached hydrogen (secondary N) is 1. The summed E-state index contributed by atoms with van der Waals surface area (Å²) in [6.07, 6.45) is 5.03. The molecule has 0 bridgehead atoms. The highest BCUT2D eigenvalue weighted by Gasteiger charge is 2.20. The van der Waals surface area contributed by atoms with Gasteiger partial charge in [0.2, 0.25) is 5.91 Å². The number of likely N-dealkylation sites (tertiary alicyclic amines) is 1. The third-order valence-electron chi connectivity index (χ3n) is 2.96. The van der Waals surface area contributed by atoms with E-state index < -0.39 is 0 Å². The Morgan fingerprint density at radius 1 is 1.44 bits per heavy atom. The molecule has 1 saturated heterocycles. The van der Waals surface area contributed by atoms with E-state index in [1.54, 1.807) is 12.4 Å². The van der Waals surface area contributed by atoms with E-state index in [0.717, 1.165) is 25.9 Å². The van der Waals surface area contributed by atoms with Crippen LogP contribution in [0, 0.1) is 0 Å². The summed E-state index contributed by atoms with van der Waals surface area (Å²) in [5.74, 6) is 0.339. The first kappa shape index (κ1) is 13.0. The predicted molar refractivity (Wildman–Crippen MR) is 69.3 cm³/mol. The molecule has 0 radical (unpaired) electrons. The largest absolute Gasteiger partial charge is 0.369 e. The molecule has 18 heavy (non-hydrogen) atoms. The Hall–Kier alpha value is -1.40. The number of halogens is 1. The van der Waals surface area contributed by atoms with Crippen molar-refractivity contribution < 1.29 is 4.79 Å². The fraction of sp³-hybridized carbons (Fsp3) is 0.545. The Bertz CT molecular complexity index is 420. The van der Waals surface area contributed by atoms with E-state index in [0.29, 0.717) is 23.6 Å². The Morgan fingerprint density at radius 3 is 2.72 bits per heavy atom. The molecule has 0 atom stereocenters. The lowest BCUT2D eigenvalue weighted by atomic mass is 10.1. The van der Waals surface area contributed by atoms with Crippen LogP contribution in [0.5, 0.6) is 0 Å². The molecule has 1 aromatic heterocycles. The van der Waals surface area contributed by atoms with Gasteiger partial charge in [0.05, 0.1) is 6.54 Å². The zero-order chi connectivity index (χ0) is 13.0. The van der Waals surface area contributed by atoms with E-state index >= 15 is 0 Å². The van der Waals surface area contributed by atoms with Crippen LogP contribution in [-0.4, -0.2) is 46.5 Å². The lowest BCUT2D eigenvalue weighted by molar-refractivity contribution is -0.119. The van der Waals surface area contributed by atoms with Crippen LogP contribution >= 0.6 is 11.6 Å². The van der Waals surface area contributed by atoms with Crippen molar-refractivity contribution in [2.24, 2.45) is 5.73 Å². The lowest BCUT2D eigenvalue weighted by Crippen LogP contribution is -2.43. The van der Waals surface area contributed by atoms with Gasteiger partial charge in [-0.3, -0.25) is 9.69 Å². The Labute approximate surface area is 111 Å². The van der Waals surface area contributed by atoms with Crippen molar-refractivity contribution >= 4 is 23.3 Å². The fourth-order valence-electron chi connectivity index (χ4n) is 2.07. The number of hydrogen-bond acceptors (Lipinski definition) is 5. The molecule has 0 unspecified atom stereocenters. The summed E-state index contributed by atoms with van der Waals surface area (Å²) in [6, 6.07) is 0.309. The van der Waals surface area contributed by atoms with Crippen molar-refractivity contribution in [3.8, 4) is 0 Å². The summed E-state index contributed by atoms with van der Waals surface area (Å²) >= 11 is 5.93. The van der Waals surface area contributed by atoms with Crippen LogP contribution in [0.25, 0.3) is 0 Å². The highest BCUT2D eigenvalue weighted by Crippen LogP contribution is 2.19. The molecule has 98 valence electrons. The van der Waals surface area contributed by atoms with Gasteiger partial charge < -0.3 is 11.1 Å². The van der Waals surface area contributed by atoms with Crippen molar-refractivity contribution in [1.82, 2.24) is 14.9 Å². The number of carbonyl (C=O) groups is 1. The fourth-order valence-corrected chi connectivity index (χ4v) is 2.23. The number of amides is 1. The second kappa shape index (κ2) is 5.97. The molecule has 7 heteroatoms. The van der Waals surface area contributed by atoms with E-state index in [1.165, 1.54) is 0 Å². The van der Waals surface area contributed by atoms with Crippen LogP contribution in [-0.2, 0) is 4.79 Å². The maximum absolute atomic E-state index is 10.8. The van der Waals surface area contributed by atoms with Crippen LogP contribution in [0.15, 0.2) is 12.4 Å². The van der Waals surface area contributed by atoms with Gasteiger partial charge in [0, 0.05) is 31.5 Å². The van der Waals surface area contributed by atoms with Crippen LogP contribution in [0.1, 0.15) is 12.8 Å². The highest BCUT2D eigenvalue weighted by molar-refractivity contribution is 6.31. The number of aromatic nitrogens is 2. The molecular weight excluding hydrogens is 254 g/mol. The zero-order valence-electron chi connectivity index (χ0n) is 9.97. The number of primary amides is 1. The number of rotatable bonds is 4. The summed E-state index contributed by atoms with van der Waals surface area (Å²) < 4.78 is 0. The van der Waals surface area contributed by atoms with Crippen molar-refractivity contribution in [1.29, 1.82) is 0 Å². The third-order valence-corrected chi connectivity index (χ3v) is 3.24. The van der Waals surface area contributed by atoms with E-state index in [-0.39, 0.29) is 5.91 Å². The third kappa shape index (κ3) is 3.54. The minimum Gasteiger partial charge on any atom is -0.369 e. The molecule has 0 saturated carbocycles. The number of piperidine rings is 1. The Balaban J connectivity index is 1.84. The molecule has 2 heterocycles. The van der Waals surface area contributed by atoms with Gasteiger partial charge in [0.25, 0.3) is 0 Å². The highest BCUT2D eigenvalue weighted by atomic mass is 35.5. The molecule has 1 aromatic rings. The van der Waals surface area contributed by atoms with Crippen molar-refractivity contribution in [2.75, 3.05) is 25.0 Å². The molecule has 1 fully saturated rings. The first-order valence-corrected chi connectivity index (χ1v) is 6.26. The van der Waals surface area contributed by atoms with Gasteiger partial charge in [-0.25, -0.2) is 9.97 Å². The van der Waals surface area contributed by atoms with Gasteiger partial charge in [-0.1, -0.05) is 11.6 Å². The smallest absolute Gasteiger partial charge is 0.231 e. The number of hydrogen-bond donors (Lipinski definition) is 2. The number of nitrogens with two attached hydrogens (primary N) is 1. The standard InChI is InChI=1S/C11H16ClN5O/c12-10-11(15-4-3-14-10)16-8-1-5-17(6-2-8)7-9(13)18/h3-4,8H,1-2,5-7H2,(H2,13,18)(H,15,16). The topological polar surface area (TPSA) is 84.1 Å². The molecule has 1 amide bonds. The molecule has 0 aromatic carbocycles. The average Bonchev–Trinajstić information content (AvgIpc) is 2.34. The minimum atomic E-state index is -0.279. The zero-order valence-corrected chi connectivity index (χ0v) is 10.7. The van der Waals surface area contributed by atoms with Gasteiger partial charge in [-0.15, -0.1) is 0 Å². The van der Waals surface area contributed by atoms with E-state index in [9.17, 15) is 4.79 Å². The van der Waals surface area contributed by atoms with Gasteiger partial charge in [0.15, 0.2) is 11.0 Å². The van der Waals surface area contributed by atoms with E-state index in [1.807, 2.05) is 0 Å². The predicted octanol–water partition coefficient (Wildman–Crippen LogP) is 0.492. The summed E-state index contributed by atoms with van der Waals surface area (Å²) in [6.45, 7) is 2.02.